The first kappa shape index (κ1) is 39.9. The molecule has 3 heteroatoms. The SMILES string of the molecule is c1ccc(C2(c3ccccc3)c3ccccc3-c3cc(-c4ccc(N(c5ccc(-c6cccc7oc8ccccc8c67)cc5)c5ccc(-c6cccc7oc8ccccc8c67)cc5)cc4)ccc32)cc1. The Kier molecular flexibility index (Phi) is 9.11. The average molecular weight is 894 g/mol. The molecule has 0 unspecified atom stereocenters. The quantitative estimate of drug-likeness (QED) is 0.152. The van der Waals surface area contributed by atoms with Crippen LogP contribution in [0.2, 0.25) is 0 Å². The predicted molar refractivity (Wildman–Crippen MR) is 289 cm³/mol. The van der Waals surface area contributed by atoms with E-state index in [0.29, 0.717) is 0 Å². The van der Waals surface area contributed by atoms with E-state index in [1.807, 2.05) is 24.3 Å². The molecule has 0 amide bonds. The van der Waals surface area contributed by atoms with Gasteiger partial charge in [0.2, 0.25) is 0 Å². The number of rotatable bonds is 8. The van der Waals surface area contributed by atoms with Crippen molar-refractivity contribution in [3.05, 3.63) is 283 Å². The van der Waals surface area contributed by atoms with Crippen LogP contribution in [-0.2, 0) is 5.41 Å². The molecule has 1 aliphatic rings. The Balaban J connectivity index is 0.871. The van der Waals surface area contributed by atoms with Gasteiger partial charge in [0.1, 0.15) is 22.3 Å². The van der Waals surface area contributed by atoms with Crippen LogP contribution in [0.4, 0.5) is 17.1 Å². The summed E-state index contributed by atoms with van der Waals surface area (Å²) in [7, 11) is 0. The Morgan fingerprint density at radius 3 is 1.20 bits per heavy atom. The van der Waals surface area contributed by atoms with Crippen molar-refractivity contribution in [1.82, 2.24) is 0 Å². The van der Waals surface area contributed by atoms with Crippen molar-refractivity contribution in [3.63, 3.8) is 0 Å². The molecule has 11 aromatic carbocycles. The summed E-state index contributed by atoms with van der Waals surface area (Å²) in [6.07, 6.45) is 0. The van der Waals surface area contributed by atoms with Gasteiger partial charge in [-0.15, -0.1) is 0 Å². The maximum atomic E-state index is 6.29. The summed E-state index contributed by atoms with van der Waals surface area (Å²) < 4.78 is 12.6. The zero-order valence-electron chi connectivity index (χ0n) is 38.1. The molecule has 0 saturated carbocycles. The molecule has 0 fully saturated rings. The molecule has 0 radical (unpaired) electrons. The lowest BCUT2D eigenvalue weighted by atomic mass is 9.67. The Hall–Kier alpha value is -9.18. The molecule has 2 heterocycles. The van der Waals surface area contributed by atoms with Gasteiger partial charge in [0.05, 0.1) is 5.41 Å². The molecule has 13 aromatic rings. The Labute approximate surface area is 405 Å². The topological polar surface area (TPSA) is 29.5 Å². The fourth-order valence-electron chi connectivity index (χ4n) is 11.5. The van der Waals surface area contributed by atoms with Gasteiger partial charge in [-0.25, -0.2) is 0 Å². The van der Waals surface area contributed by atoms with Gasteiger partial charge in [-0.2, -0.15) is 0 Å². The first-order chi connectivity index (χ1) is 34.7. The van der Waals surface area contributed by atoms with Crippen molar-refractivity contribution in [2.75, 3.05) is 4.90 Å². The number of hydrogen-bond donors (Lipinski definition) is 0. The van der Waals surface area contributed by atoms with E-state index in [4.69, 9.17) is 8.83 Å². The number of anilines is 3. The molecule has 0 spiro atoms. The van der Waals surface area contributed by atoms with Gasteiger partial charge >= 0.3 is 0 Å². The highest BCUT2D eigenvalue weighted by atomic mass is 16.3. The van der Waals surface area contributed by atoms with E-state index in [9.17, 15) is 0 Å². The molecular weight excluding hydrogens is 851 g/mol. The molecule has 1 aliphatic carbocycles. The summed E-state index contributed by atoms with van der Waals surface area (Å²) in [5, 5.41) is 4.51. The fraction of sp³-hybridized carbons (Fsp3) is 0.0149. The van der Waals surface area contributed by atoms with Gasteiger partial charge < -0.3 is 13.7 Å². The lowest BCUT2D eigenvalue weighted by Gasteiger charge is -2.33. The van der Waals surface area contributed by atoms with Gasteiger partial charge in [0.15, 0.2) is 0 Å². The summed E-state index contributed by atoms with van der Waals surface area (Å²) in [5.74, 6) is 0. The van der Waals surface area contributed by atoms with Crippen LogP contribution in [0.1, 0.15) is 22.3 Å². The Morgan fingerprint density at radius 2 is 0.671 bits per heavy atom. The van der Waals surface area contributed by atoms with E-state index >= 15 is 0 Å². The second kappa shape index (κ2) is 16.0. The van der Waals surface area contributed by atoms with Gasteiger partial charge in [-0.1, -0.05) is 194 Å². The largest absolute Gasteiger partial charge is 0.456 e. The summed E-state index contributed by atoms with van der Waals surface area (Å²) in [6, 6.07) is 94.2. The Morgan fingerprint density at radius 1 is 0.271 bits per heavy atom. The molecule has 0 aliphatic heterocycles. The van der Waals surface area contributed by atoms with E-state index < -0.39 is 5.41 Å². The van der Waals surface area contributed by atoms with Crippen LogP contribution in [0.25, 0.3) is 88.4 Å². The summed E-state index contributed by atoms with van der Waals surface area (Å²) in [6.45, 7) is 0. The van der Waals surface area contributed by atoms with Gasteiger partial charge in [-0.3, -0.25) is 0 Å². The second-order valence-corrected chi connectivity index (χ2v) is 18.3. The van der Waals surface area contributed by atoms with Crippen molar-refractivity contribution in [3.8, 4) is 44.5 Å². The third-order valence-electron chi connectivity index (χ3n) is 14.6. The second-order valence-electron chi connectivity index (χ2n) is 18.3. The standard InChI is InChI=1S/C67H43NO2/c1-3-15-48(16-4-1)67(49-17-5-2-6-18-49)59-24-10-7-19-55(59)58-43-47(35-42-60(58)67)44-29-36-50(37-30-44)68(51-38-31-45(32-39-51)53-22-13-27-63-65(53)56-20-8-11-25-61(56)69-63)52-40-33-46(34-41-52)54-23-14-28-64-66(54)57-21-9-12-26-62(57)70-64/h1-43H. The molecule has 0 saturated heterocycles. The number of nitrogens with zero attached hydrogens (tertiary/aromatic N) is 1. The van der Waals surface area contributed by atoms with Gasteiger partial charge in [0, 0.05) is 38.6 Å². The van der Waals surface area contributed by atoms with Crippen LogP contribution >= 0.6 is 0 Å². The molecule has 3 nitrogen and oxygen atoms in total. The van der Waals surface area contributed by atoms with Crippen LogP contribution in [0.5, 0.6) is 0 Å². The van der Waals surface area contributed by atoms with Crippen molar-refractivity contribution in [1.29, 1.82) is 0 Å². The van der Waals surface area contributed by atoms with Crippen LogP contribution in [0.15, 0.2) is 270 Å². The minimum Gasteiger partial charge on any atom is -0.456 e. The van der Waals surface area contributed by atoms with Crippen LogP contribution in [-0.4, -0.2) is 0 Å². The predicted octanol–water partition coefficient (Wildman–Crippen LogP) is 18.3. The normalized spacial score (nSPS) is 12.7. The molecule has 328 valence electrons. The lowest BCUT2D eigenvalue weighted by molar-refractivity contribution is 0.668. The van der Waals surface area contributed by atoms with Crippen molar-refractivity contribution < 1.29 is 8.83 Å². The van der Waals surface area contributed by atoms with Gasteiger partial charge in [-0.05, 0) is 133 Å². The highest BCUT2D eigenvalue weighted by Crippen LogP contribution is 2.57. The minimum absolute atomic E-state index is 0.430. The Bertz CT molecular complexity index is 3890. The number of para-hydroxylation sites is 2. The van der Waals surface area contributed by atoms with Crippen molar-refractivity contribution in [2.45, 2.75) is 5.41 Å². The van der Waals surface area contributed by atoms with Crippen molar-refractivity contribution in [2.24, 2.45) is 0 Å². The number of furan rings is 2. The third kappa shape index (κ3) is 6.15. The maximum absolute atomic E-state index is 6.29. The van der Waals surface area contributed by atoms with Gasteiger partial charge in [0.25, 0.3) is 0 Å². The van der Waals surface area contributed by atoms with Crippen LogP contribution in [0, 0.1) is 0 Å². The highest BCUT2D eigenvalue weighted by molar-refractivity contribution is 6.13. The molecule has 0 N–H and O–H groups in total. The molecule has 0 atom stereocenters. The molecule has 0 bridgehead atoms. The number of hydrogen-bond acceptors (Lipinski definition) is 3. The van der Waals surface area contributed by atoms with E-state index in [2.05, 4.69) is 241 Å². The summed E-state index contributed by atoms with van der Waals surface area (Å²) in [4.78, 5) is 2.35. The number of fused-ring (bicyclic) bond motifs is 9. The molecular formula is C67H43NO2. The smallest absolute Gasteiger partial charge is 0.136 e. The molecule has 2 aromatic heterocycles. The fourth-order valence-corrected chi connectivity index (χ4v) is 11.5. The van der Waals surface area contributed by atoms with E-state index in [1.54, 1.807) is 0 Å². The van der Waals surface area contributed by atoms with E-state index in [0.717, 1.165) is 88.8 Å². The number of benzene rings is 11. The lowest BCUT2D eigenvalue weighted by Crippen LogP contribution is -2.28. The van der Waals surface area contributed by atoms with Crippen LogP contribution in [0.3, 0.4) is 0 Å². The minimum atomic E-state index is -0.430. The average Bonchev–Trinajstić information content (AvgIpc) is 4.11. The van der Waals surface area contributed by atoms with E-state index in [1.165, 1.54) is 38.9 Å². The third-order valence-corrected chi connectivity index (χ3v) is 14.6. The first-order valence-electron chi connectivity index (χ1n) is 24.0. The monoisotopic (exact) mass is 893 g/mol. The maximum Gasteiger partial charge on any atom is 0.136 e. The first-order valence-corrected chi connectivity index (χ1v) is 24.0. The zero-order valence-corrected chi connectivity index (χ0v) is 38.1. The van der Waals surface area contributed by atoms with E-state index in [-0.39, 0.29) is 0 Å². The molecule has 14 rings (SSSR count). The van der Waals surface area contributed by atoms with Crippen molar-refractivity contribution >= 4 is 60.9 Å². The zero-order chi connectivity index (χ0) is 46.2. The summed E-state index contributed by atoms with van der Waals surface area (Å²) >= 11 is 0. The molecule has 70 heavy (non-hydrogen) atoms. The van der Waals surface area contributed by atoms with Crippen LogP contribution < -0.4 is 4.90 Å². The highest BCUT2D eigenvalue weighted by Gasteiger charge is 2.46. The summed E-state index contributed by atoms with van der Waals surface area (Å²) in [5.41, 5.74) is 20.9.